The second-order valence-electron chi connectivity index (χ2n) is 6.95. The van der Waals surface area contributed by atoms with Crippen molar-refractivity contribution in [1.29, 1.82) is 0 Å². The summed E-state index contributed by atoms with van der Waals surface area (Å²) in [6.45, 7) is 4.14. The van der Waals surface area contributed by atoms with Gasteiger partial charge in [0.25, 0.3) is 5.91 Å². The van der Waals surface area contributed by atoms with Gasteiger partial charge in [0.15, 0.2) is 0 Å². The van der Waals surface area contributed by atoms with Gasteiger partial charge >= 0.3 is 0 Å². The van der Waals surface area contributed by atoms with Crippen LogP contribution in [-0.4, -0.2) is 21.1 Å². The number of H-pyrrole nitrogens is 1. The van der Waals surface area contributed by atoms with Gasteiger partial charge in [0.2, 0.25) is 10.7 Å². The number of pyridine rings is 1. The van der Waals surface area contributed by atoms with Crippen LogP contribution in [0.5, 0.6) is 0 Å². The average molecular weight is 390 g/mol. The lowest BCUT2D eigenvalue weighted by Gasteiger charge is -2.21. The van der Waals surface area contributed by atoms with Gasteiger partial charge in [-0.2, -0.15) is 0 Å². The third-order valence-corrected chi connectivity index (χ3v) is 5.83. The van der Waals surface area contributed by atoms with E-state index in [0.717, 1.165) is 10.6 Å². The van der Waals surface area contributed by atoms with Gasteiger partial charge in [-0.25, -0.2) is 0 Å². The molecule has 4 aromatic rings. The SMILES string of the molecule is CC(C)(c1ccccc1)c1nnc(NC(=O)c2cc(=O)[nH]c3ccccc23)s1. The van der Waals surface area contributed by atoms with Crippen molar-refractivity contribution in [3.05, 3.63) is 87.2 Å². The second-order valence-corrected chi connectivity index (χ2v) is 7.93. The Balaban J connectivity index is 1.63. The average Bonchev–Trinajstić information content (AvgIpc) is 3.17. The summed E-state index contributed by atoms with van der Waals surface area (Å²) in [6.07, 6.45) is 0. The van der Waals surface area contributed by atoms with Gasteiger partial charge in [-0.05, 0) is 25.5 Å². The highest BCUT2D eigenvalue weighted by molar-refractivity contribution is 7.15. The topological polar surface area (TPSA) is 87.7 Å². The summed E-state index contributed by atoms with van der Waals surface area (Å²) in [5.74, 6) is -0.387. The van der Waals surface area contributed by atoms with E-state index >= 15 is 0 Å². The van der Waals surface area contributed by atoms with Crippen LogP contribution < -0.4 is 10.9 Å². The molecule has 2 heterocycles. The van der Waals surface area contributed by atoms with Crippen LogP contribution in [0.2, 0.25) is 0 Å². The predicted molar refractivity (Wildman–Crippen MR) is 111 cm³/mol. The van der Waals surface area contributed by atoms with Gasteiger partial charge in [0.05, 0.1) is 5.56 Å². The summed E-state index contributed by atoms with van der Waals surface area (Å²) in [6, 6.07) is 18.5. The molecule has 1 amide bonds. The summed E-state index contributed by atoms with van der Waals surface area (Å²) in [4.78, 5) is 27.4. The number of hydrogen-bond acceptors (Lipinski definition) is 5. The van der Waals surface area contributed by atoms with E-state index in [0.29, 0.717) is 21.6 Å². The quantitative estimate of drug-likeness (QED) is 0.552. The number of carbonyl (C=O) groups excluding carboxylic acids is 1. The van der Waals surface area contributed by atoms with Crippen LogP contribution in [0.4, 0.5) is 5.13 Å². The highest BCUT2D eigenvalue weighted by Gasteiger charge is 2.28. The summed E-state index contributed by atoms with van der Waals surface area (Å²) in [5, 5.41) is 13.0. The molecule has 0 aliphatic rings. The van der Waals surface area contributed by atoms with Crippen LogP contribution in [0.1, 0.15) is 34.8 Å². The third kappa shape index (κ3) is 3.32. The van der Waals surface area contributed by atoms with E-state index in [1.807, 2.05) is 42.5 Å². The molecule has 2 aromatic heterocycles. The van der Waals surface area contributed by atoms with Crippen LogP contribution in [0.3, 0.4) is 0 Å². The van der Waals surface area contributed by atoms with Crippen LogP contribution in [0.25, 0.3) is 10.9 Å². The minimum Gasteiger partial charge on any atom is -0.322 e. The lowest BCUT2D eigenvalue weighted by atomic mass is 9.85. The van der Waals surface area contributed by atoms with Crippen molar-refractivity contribution in [2.75, 3.05) is 5.32 Å². The molecule has 140 valence electrons. The summed E-state index contributed by atoms with van der Waals surface area (Å²) < 4.78 is 0. The Morgan fingerprint density at radius 1 is 1.04 bits per heavy atom. The number of fused-ring (bicyclic) bond motifs is 1. The van der Waals surface area contributed by atoms with Gasteiger partial charge in [-0.15, -0.1) is 10.2 Å². The van der Waals surface area contributed by atoms with Crippen molar-refractivity contribution in [3.8, 4) is 0 Å². The lowest BCUT2D eigenvalue weighted by molar-refractivity contribution is 0.102. The standard InChI is InChI=1S/C21H18N4O2S/c1-21(2,13-8-4-3-5-9-13)19-24-25-20(28-19)23-18(27)15-12-17(26)22-16-11-7-6-10-14(15)16/h3-12H,1-2H3,(H,22,26)(H,23,25,27). The van der Waals surface area contributed by atoms with Crippen molar-refractivity contribution < 1.29 is 4.79 Å². The van der Waals surface area contributed by atoms with Gasteiger partial charge in [-0.1, -0.05) is 59.9 Å². The zero-order chi connectivity index (χ0) is 19.7. The Bertz CT molecular complexity index is 1210. The molecular formula is C21H18N4O2S. The highest BCUT2D eigenvalue weighted by Crippen LogP contribution is 2.34. The number of benzene rings is 2. The molecule has 0 saturated carbocycles. The Labute approximate surface area is 165 Å². The minimum atomic E-state index is -0.387. The highest BCUT2D eigenvalue weighted by atomic mass is 32.1. The van der Waals surface area contributed by atoms with Crippen molar-refractivity contribution >= 4 is 33.3 Å². The maximum atomic E-state index is 12.8. The van der Waals surface area contributed by atoms with E-state index in [1.165, 1.54) is 17.4 Å². The van der Waals surface area contributed by atoms with Crippen molar-refractivity contribution in [1.82, 2.24) is 15.2 Å². The van der Waals surface area contributed by atoms with Gasteiger partial charge in [0.1, 0.15) is 5.01 Å². The van der Waals surface area contributed by atoms with E-state index < -0.39 is 0 Å². The zero-order valence-corrected chi connectivity index (χ0v) is 16.2. The molecule has 2 N–H and O–H groups in total. The number of aromatic nitrogens is 3. The smallest absolute Gasteiger partial charge is 0.258 e. The predicted octanol–water partition coefficient (Wildman–Crippen LogP) is 3.96. The van der Waals surface area contributed by atoms with Crippen LogP contribution in [0, 0.1) is 0 Å². The van der Waals surface area contributed by atoms with E-state index in [1.54, 1.807) is 12.1 Å². The Morgan fingerprint density at radius 3 is 2.54 bits per heavy atom. The van der Waals surface area contributed by atoms with E-state index in [9.17, 15) is 9.59 Å². The first kappa shape index (κ1) is 18.1. The maximum absolute atomic E-state index is 12.8. The fourth-order valence-electron chi connectivity index (χ4n) is 3.06. The number of carbonyl (C=O) groups is 1. The molecule has 2 aromatic carbocycles. The normalized spacial score (nSPS) is 11.5. The fourth-order valence-corrected chi connectivity index (χ4v) is 3.92. The van der Waals surface area contributed by atoms with E-state index in [2.05, 4.69) is 34.3 Å². The monoisotopic (exact) mass is 390 g/mol. The number of nitrogens with zero attached hydrogens (tertiary/aromatic N) is 2. The van der Waals surface area contributed by atoms with Gasteiger partial charge in [0, 0.05) is 22.4 Å². The van der Waals surface area contributed by atoms with E-state index in [-0.39, 0.29) is 16.9 Å². The maximum Gasteiger partial charge on any atom is 0.258 e. The number of amides is 1. The molecule has 0 atom stereocenters. The molecule has 0 aliphatic heterocycles. The first-order valence-electron chi connectivity index (χ1n) is 8.78. The van der Waals surface area contributed by atoms with E-state index in [4.69, 9.17) is 0 Å². The first-order chi connectivity index (χ1) is 13.4. The molecule has 0 aliphatic carbocycles. The van der Waals surface area contributed by atoms with Crippen molar-refractivity contribution in [2.45, 2.75) is 19.3 Å². The number of anilines is 1. The number of rotatable bonds is 4. The molecule has 0 bridgehead atoms. The lowest BCUT2D eigenvalue weighted by Crippen LogP contribution is -2.18. The summed E-state index contributed by atoms with van der Waals surface area (Å²) >= 11 is 1.33. The van der Waals surface area contributed by atoms with Crippen LogP contribution in [0.15, 0.2) is 65.5 Å². The molecule has 6 nitrogen and oxygen atoms in total. The molecular weight excluding hydrogens is 372 g/mol. The van der Waals surface area contributed by atoms with Crippen molar-refractivity contribution in [3.63, 3.8) is 0 Å². The number of hydrogen-bond donors (Lipinski definition) is 2. The Hall–Kier alpha value is -3.32. The molecule has 0 unspecified atom stereocenters. The molecule has 0 saturated heterocycles. The second kappa shape index (κ2) is 7.01. The summed E-state index contributed by atoms with van der Waals surface area (Å²) in [5.41, 5.74) is 1.37. The molecule has 28 heavy (non-hydrogen) atoms. The van der Waals surface area contributed by atoms with Crippen molar-refractivity contribution in [2.24, 2.45) is 0 Å². The Kier molecular flexibility index (Phi) is 4.52. The van der Waals surface area contributed by atoms with Gasteiger partial charge in [-0.3, -0.25) is 14.9 Å². The first-order valence-corrected chi connectivity index (χ1v) is 9.60. The molecule has 0 fully saturated rings. The third-order valence-electron chi connectivity index (χ3n) is 4.67. The van der Waals surface area contributed by atoms with Gasteiger partial charge < -0.3 is 4.98 Å². The number of para-hydroxylation sites is 1. The number of aromatic amines is 1. The van der Waals surface area contributed by atoms with Crippen LogP contribution >= 0.6 is 11.3 Å². The zero-order valence-electron chi connectivity index (χ0n) is 15.4. The molecule has 0 radical (unpaired) electrons. The minimum absolute atomic E-state index is 0.304. The fraction of sp³-hybridized carbons (Fsp3) is 0.143. The summed E-state index contributed by atoms with van der Waals surface area (Å²) in [7, 11) is 0. The molecule has 7 heteroatoms. The largest absolute Gasteiger partial charge is 0.322 e. The Morgan fingerprint density at radius 2 is 1.75 bits per heavy atom. The van der Waals surface area contributed by atoms with Crippen LogP contribution in [-0.2, 0) is 5.41 Å². The number of nitrogens with one attached hydrogen (secondary N) is 2. The molecule has 0 spiro atoms. The molecule has 4 rings (SSSR count).